The molecule has 0 heterocycles. The van der Waals surface area contributed by atoms with Gasteiger partial charge < -0.3 is 14.8 Å². The van der Waals surface area contributed by atoms with Gasteiger partial charge >= 0.3 is 5.97 Å². The molecule has 0 unspecified atom stereocenters. The molecule has 0 aliphatic heterocycles. The van der Waals surface area contributed by atoms with E-state index in [-0.39, 0.29) is 5.75 Å². The highest BCUT2D eigenvalue weighted by atomic mass is 19.1. The molecule has 2 rings (SSSR count). The number of benzene rings is 2. The number of amides is 1. The molecule has 0 aliphatic rings. The van der Waals surface area contributed by atoms with Crippen molar-refractivity contribution >= 4 is 23.6 Å². The molecule has 0 aliphatic carbocycles. The van der Waals surface area contributed by atoms with Crippen LogP contribution in [0.2, 0.25) is 0 Å². The lowest BCUT2D eigenvalue weighted by Crippen LogP contribution is -2.20. The van der Waals surface area contributed by atoms with Crippen molar-refractivity contribution < 1.29 is 23.5 Å². The zero-order valence-corrected chi connectivity index (χ0v) is 13.0. The van der Waals surface area contributed by atoms with E-state index in [4.69, 9.17) is 9.47 Å². The summed E-state index contributed by atoms with van der Waals surface area (Å²) in [4.78, 5) is 23.2. The van der Waals surface area contributed by atoms with Crippen LogP contribution in [0.5, 0.6) is 5.75 Å². The Morgan fingerprint density at radius 1 is 1.17 bits per heavy atom. The lowest BCUT2D eigenvalue weighted by molar-refractivity contribution is -0.142. The van der Waals surface area contributed by atoms with Crippen molar-refractivity contribution in [1.29, 1.82) is 0 Å². The molecule has 124 valence electrons. The molecule has 6 heteroatoms. The standard InChI is InChI=1S/C18H16FNO4/c1-23-16-9-7-13(11-15(16)19)8-10-18(22)24-12-17(21)20-14-5-3-2-4-6-14/h2-11H,12H2,1H3,(H,20,21)/b10-8+. The molecule has 0 saturated heterocycles. The fraction of sp³-hybridized carbons (Fsp3) is 0.111. The Morgan fingerprint density at radius 2 is 1.92 bits per heavy atom. The van der Waals surface area contributed by atoms with Crippen LogP contribution in [0.25, 0.3) is 6.08 Å². The Hall–Kier alpha value is -3.15. The van der Waals surface area contributed by atoms with Crippen LogP contribution in [0, 0.1) is 5.82 Å². The van der Waals surface area contributed by atoms with Crippen LogP contribution < -0.4 is 10.1 Å². The van der Waals surface area contributed by atoms with E-state index in [9.17, 15) is 14.0 Å². The van der Waals surface area contributed by atoms with Crippen LogP contribution in [-0.2, 0) is 14.3 Å². The van der Waals surface area contributed by atoms with Gasteiger partial charge in [0, 0.05) is 11.8 Å². The zero-order chi connectivity index (χ0) is 17.4. The first-order chi connectivity index (χ1) is 11.6. The van der Waals surface area contributed by atoms with Crippen molar-refractivity contribution in [2.75, 3.05) is 19.0 Å². The lowest BCUT2D eigenvalue weighted by atomic mass is 10.2. The van der Waals surface area contributed by atoms with E-state index in [0.29, 0.717) is 11.3 Å². The summed E-state index contributed by atoms with van der Waals surface area (Å²) in [5.74, 6) is -1.56. The maximum Gasteiger partial charge on any atom is 0.331 e. The van der Waals surface area contributed by atoms with Crippen LogP contribution in [-0.4, -0.2) is 25.6 Å². The Bertz CT molecular complexity index is 744. The van der Waals surface area contributed by atoms with Gasteiger partial charge in [-0.05, 0) is 35.9 Å². The number of hydrogen-bond donors (Lipinski definition) is 1. The summed E-state index contributed by atoms with van der Waals surface area (Å²) in [6, 6.07) is 13.1. The van der Waals surface area contributed by atoms with Crippen molar-refractivity contribution in [3.8, 4) is 5.75 Å². The van der Waals surface area contributed by atoms with Crippen molar-refractivity contribution in [3.63, 3.8) is 0 Å². The fourth-order valence-electron chi connectivity index (χ4n) is 1.85. The topological polar surface area (TPSA) is 64.6 Å². The van der Waals surface area contributed by atoms with Crippen molar-refractivity contribution in [2.45, 2.75) is 0 Å². The highest BCUT2D eigenvalue weighted by Gasteiger charge is 2.06. The maximum atomic E-state index is 13.5. The number of para-hydroxylation sites is 1. The second kappa shape index (κ2) is 8.47. The predicted octanol–water partition coefficient (Wildman–Crippen LogP) is 3.03. The first kappa shape index (κ1) is 17.2. The number of esters is 1. The SMILES string of the molecule is COc1ccc(/C=C/C(=O)OCC(=O)Nc2ccccc2)cc1F. The summed E-state index contributed by atoms with van der Waals surface area (Å²) >= 11 is 0. The van der Waals surface area contributed by atoms with Gasteiger partial charge in [0.1, 0.15) is 0 Å². The minimum atomic E-state index is -0.700. The zero-order valence-electron chi connectivity index (χ0n) is 13.0. The third kappa shape index (κ3) is 5.24. The van der Waals surface area contributed by atoms with Gasteiger partial charge in [0.15, 0.2) is 18.2 Å². The average molecular weight is 329 g/mol. The molecule has 1 N–H and O–H groups in total. The third-order valence-electron chi connectivity index (χ3n) is 2.99. The van der Waals surface area contributed by atoms with Crippen molar-refractivity contribution in [2.24, 2.45) is 0 Å². The lowest BCUT2D eigenvalue weighted by Gasteiger charge is -2.05. The summed E-state index contributed by atoms with van der Waals surface area (Å²) < 4.78 is 23.1. The summed E-state index contributed by atoms with van der Waals surface area (Å²) in [5.41, 5.74) is 1.08. The molecule has 0 bridgehead atoms. The monoisotopic (exact) mass is 329 g/mol. The van der Waals surface area contributed by atoms with Gasteiger partial charge in [-0.25, -0.2) is 9.18 Å². The predicted molar refractivity (Wildman–Crippen MR) is 88.0 cm³/mol. The summed E-state index contributed by atoms with van der Waals surface area (Å²) in [7, 11) is 1.37. The molecule has 5 nitrogen and oxygen atoms in total. The average Bonchev–Trinajstić information content (AvgIpc) is 2.59. The minimum absolute atomic E-state index is 0.118. The van der Waals surface area contributed by atoms with Gasteiger partial charge in [-0.1, -0.05) is 24.3 Å². The third-order valence-corrected chi connectivity index (χ3v) is 2.99. The van der Waals surface area contributed by atoms with Gasteiger partial charge in [0.05, 0.1) is 7.11 Å². The molecule has 0 radical (unpaired) electrons. The van der Waals surface area contributed by atoms with E-state index < -0.39 is 24.3 Å². The van der Waals surface area contributed by atoms with Crippen LogP contribution in [0.1, 0.15) is 5.56 Å². The molecule has 0 saturated carbocycles. The smallest absolute Gasteiger partial charge is 0.331 e. The molecular weight excluding hydrogens is 313 g/mol. The summed E-state index contributed by atoms with van der Waals surface area (Å²) in [6.45, 7) is -0.408. The molecule has 0 atom stereocenters. The highest BCUT2D eigenvalue weighted by molar-refractivity contribution is 5.94. The number of methoxy groups -OCH3 is 1. The molecule has 24 heavy (non-hydrogen) atoms. The number of hydrogen-bond acceptors (Lipinski definition) is 4. The van der Waals surface area contributed by atoms with Gasteiger partial charge in [0.2, 0.25) is 0 Å². The van der Waals surface area contributed by atoms with Crippen molar-refractivity contribution in [1.82, 2.24) is 0 Å². The molecule has 0 aromatic heterocycles. The van der Waals surface area contributed by atoms with E-state index in [2.05, 4.69) is 5.32 Å². The first-order valence-corrected chi connectivity index (χ1v) is 7.12. The Labute approximate surface area is 138 Å². The largest absolute Gasteiger partial charge is 0.494 e. The van der Waals surface area contributed by atoms with E-state index >= 15 is 0 Å². The van der Waals surface area contributed by atoms with E-state index in [1.165, 1.54) is 25.3 Å². The number of anilines is 1. The first-order valence-electron chi connectivity index (χ1n) is 7.12. The van der Waals surface area contributed by atoms with Crippen LogP contribution in [0.4, 0.5) is 10.1 Å². The van der Waals surface area contributed by atoms with Gasteiger partial charge in [0.25, 0.3) is 5.91 Å². The van der Waals surface area contributed by atoms with Crippen molar-refractivity contribution in [3.05, 3.63) is 66.0 Å². The second-order valence-electron chi connectivity index (χ2n) is 4.75. The van der Waals surface area contributed by atoms with E-state index in [0.717, 1.165) is 6.08 Å². The van der Waals surface area contributed by atoms with Gasteiger partial charge in [-0.2, -0.15) is 0 Å². The Kier molecular flexibility index (Phi) is 6.08. The molecule has 0 spiro atoms. The van der Waals surface area contributed by atoms with Crippen LogP contribution in [0.15, 0.2) is 54.6 Å². The number of nitrogens with one attached hydrogen (secondary N) is 1. The van der Waals surface area contributed by atoms with Crippen LogP contribution in [0.3, 0.4) is 0 Å². The minimum Gasteiger partial charge on any atom is -0.494 e. The molecule has 1 amide bonds. The number of rotatable bonds is 6. The number of ether oxygens (including phenoxy) is 2. The normalized spacial score (nSPS) is 10.4. The second-order valence-corrected chi connectivity index (χ2v) is 4.75. The summed E-state index contributed by atoms with van der Waals surface area (Å²) in [5, 5.41) is 2.59. The molecule has 0 fully saturated rings. The molecule has 2 aromatic carbocycles. The number of carbonyl (C=O) groups is 2. The van der Waals surface area contributed by atoms with E-state index in [1.54, 1.807) is 30.3 Å². The van der Waals surface area contributed by atoms with Crippen LogP contribution >= 0.6 is 0 Å². The highest BCUT2D eigenvalue weighted by Crippen LogP contribution is 2.18. The fourth-order valence-corrected chi connectivity index (χ4v) is 1.85. The molecular formula is C18H16FNO4. The van der Waals surface area contributed by atoms with Gasteiger partial charge in [-0.3, -0.25) is 4.79 Å². The number of halogens is 1. The number of carbonyl (C=O) groups excluding carboxylic acids is 2. The summed E-state index contributed by atoms with van der Waals surface area (Å²) in [6.07, 6.45) is 2.51. The Balaban J connectivity index is 1.82. The van der Waals surface area contributed by atoms with Gasteiger partial charge in [-0.15, -0.1) is 0 Å². The molecule has 2 aromatic rings. The Morgan fingerprint density at radius 3 is 2.58 bits per heavy atom. The van der Waals surface area contributed by atoms with E-state index in [1.807, 2.05) is 6.07 Å². The quantitative estimate of drug-likeness (QED) is 0.653. The maximum absolute atomic E-state index is 13.5.